The first-order chi connectivity index (χ1) is 15.7. The maximum Gasteiger partial charge on any atom is 0.114 e. The van der Waals surface area contributed by atoms with Crippen LogP contribution in [0.2, 0.25) is 0 Å². The number of rotatable bonds is 6. The van der Waals surface area contributed by atoms with Crippen molar-refractivity contribution in [2.75, 3.05) is 42.3 Å². The number of likely N-dealkylation sites (N-methyl/N-ethyl adjacent to an activating group) is 1. The van der Waals surface area contributed by atoms with Gasteiger partial charge in [-0.2, -0.15) is 4.99 Å². The van der Waals surface area contributed by atoms with Crippen LogP contribution in [0.4, 0.5) is 0 Å². The molecule has 0 unspecified atom stereocenters. The van der Waals surface area contributed by atoms with Crippen molar-refractivity contribution in [3.8, 4) is 0 Å². The van der Waals surface area contributed by atoms with Gasteiger partial charge in [0.2, 0.25) is 0 Å². The summed E-state index contributed by atoms with van der Waals surface area (Å²) in [5, 5.41) is 0. The van der Waals surface area contributed by atoms with E-state index in [-0.39, 0.29) is 0 Å². The molecule has 3 aliphatic rings. The summed E-state index contributed by atoms with van der Waals surface area (Å²) in [7, 11) is 12.3. The van der Waals surface area contributed by atoms with Crippen molar-refractivity contribution >= 4 is 29.4 Å². The molecule has 0 aromatic carbocycles. The van der Waals surface area contributed by atoms with Gasteiger partial charge < -0.3 is 19.7 Å². The Bertz CT molecular complexity index is 1290. The Morgan fingerprint density at radius 2 is 1.55 bits per heavy atom. The second-order valence-corrected chi connectivity index (χ2v) is 8.63. The highest BCUT2D eigenvalue weighted by Crippen LogP contribution is 2.33. The molecule has 4 heterocycles. The zero-order chi connectivity index (χ0) is 23.7. The Hall–Kier alpha value is -4.05. The molecule has 168 valence electrons. The molecule has 0 saturated carbocycles. The highest BCUT2D eigenvalue weighted by atomic mass is 15.2. The minimum atomic E-state index is 0.827. The van der Waals surface area contributed by atoms with E-state index in [1.54, 1.807) is 6.08 Å². The monoisotopic (exact) mass is 439 g/mol. The van der Waals surface area contributed by atoms with Crippen LogP contribution in [-0.2, 0) is 0 Å². The summed E-state index contributed by atoms with van der Waals surface area (Å²) in [6.45, 7) is 2.05. The van der Waals surface area contributed by atoms with Crippen LogP contribution in [-0.4, -0.2) is 79.3 Å². The Kier molecular flexibility index (Phi) is 5.93. The topological polar surface area (TPSA) is 62.6 Å². The maximum absolute atomic E-state index is 4.95. The fourth-order valence-electron chi connectivity index (χ4n) is 4.06. The molecule has 0 aliphatic carbocycles. The number of allylic oxidation sites excluding steroid dienone is 4. The van der Waals surface area contributed by atoms with Gasteiger partial charge in [-0.15, -0.1) is 0 Å². The number of aromatic nitrogens is 1. The minimum Gasteiger partial charge on any atom is -0.374 e. The number of aliphatic imine (C=N–C) groups is 3. The average molecular weight is 440 g/mol. The van der Waals surface area contributed by atoms with Gasteiger partial charge in [0, 0.05) is 65.6 Å². The van der Waals surface area contributed by atoms with Crippen LogP contribution >= 0.6 is 0 Å². The predicted molar refractivity (Wildman–Crippen MR) is 137 cm³/mol. The van der Waals surface area contributed by atoms with Gasteiger partial charge >= 0.3 is 0 Å². The van der Waals surface area contributed by atoms with Gasteiger partial charge in [0.1, 0.15) is 5.70 Å². The molecule has 4 rings (SSSR count). The van der Waals surface area contributed by atoms with Crippen molar-refractivity contribution in [1.29, 1.82) is 0 Å². The number of nitrogens with one attached hydrogen (secondary N) is 1. The Morgan fingerprint density at radius 3 is 2.12 bits per heavy atom. The molecular weight excluding hydrogens is 410 g/mol. The lowest BCUT2D eigenvalue weighted by molar-refractivity contribution is 0.463. The van der Waals surface area contributed by atoms with Crippen LogP contribution in [0.25, 0.3) is 12.2 Å². The van der Waals surface area contributed by atoms with Crippen molar-refractivity contribution in [2.24, 2.45) is 15.0 Å². The van der Waals surface area contributed by atoms with E-state index in [9.17, 15) is 0 Å². The molecule has 1 aromatic rings. The summed E-state index contributed by atoms with van der Waals surface area (Å²) in [4.78, 5) is 23.7. The Labute approximate surface area is 195 Å². The molecule has 0 fully saturated rings. The molecule has 0 atom stereocenters. The third kappa shape index (κ3) is 4.46. The second kappa shape index (κ2) is 8.83. The maximum atomic E-state index is 4.95. The molecular formula is C26H29N7. The van der Waals surface area contributed by atoms with Crippen LogP contribution in [0.5, 0.6) is 0 Å². The summed E-state index contributed by atoms with van der Waals surface area (Å²) >= 11 is 0. The number of H-pyrrole nitrogens is 1. The summed E-state index contributed by atoms with van der Waals surface area (Å²) < 4.78 is 0. The van der Waals surface area contributed by atoms with Crippen LogP contribution < -0.4 is 0 Å². The van der Waals surface area contributed by atoms with Gasteiger partial charge in [0.25, 0.3) is 0 Å². The fourth-order valence-corrected chi connectivity index (χ4v) is 4.06. The molecule has 0 spiro atoms. The first-order valence-electron chi connectivity index (χ1n) is 10.7. The van der Waals surface area contributed by atoms with Crippen LogP contribution in [0.3, 0.4) is 0 Å². The van der Waals surface area contributed by atoms with Crippen molar-refractivity contribution < 1.29 is 0 Å². The highest BCUT2D eigenvalue weighted by Gasteiger charge is 2.29. The lowest BCUT2D eigenvalue weighted by Crippen LogP contribution is -2.25. The summed E-state index contributed by atoms with van der Waals surface area (Å²) in [6.07, 6.45) is 9.88. The molecule has 0 bridgehead atoms. The standard InChI is InChI=1S/C26H29N7/c1-17-24(31(2)3)26(33(6)7)23(28-17)25(32(4)5)22-13-12-21(30-22)16-20-11-10-19(29-20)15-18-9-8-14-27-18/h9-13,15-16,29H,1-7H3. The van der Waals surface area contributed by atoms with Crippen LogP contribution in [0.1, 0.15) is 18.3 Å². The smallest absolute Gasteiger partial charge is 0.114 e. The molecule has 0 amide bonds. The van der Waals surface area contributed by atoms with Gasteiger partial charge in [0.15, 0.2) is 0 Å². The highest BCUT2D eigenvalue weighted by molar-refractivity contribution is 6.13. The van der Waals surface area contributed by atoms with E-state index < -0.39 is 0 Å². The first-order valence-corrected chi connectivity index (χ1v) is 10.7. The molecule has 1 N–H and O–H groups in total. The summed E-state index contributed by atoms with van der Waals surface area (Å²) in [5.74, 6) is 2.70. The molecule has 7 nitrogen and oxygen atoms in total. The molecule has 7 heteroatoms. The number of hydrogen-bond acceptors (Lipinski definition) is 6. The number of aromatic amines is 1. The van der Waals surface area contributed by atoms with Gasteiger partial charge in [-0.3, -0.25) is 0 Å². The zero-order valence-corrected chi connectivity index (χ0v) is 20.2. The van der Waals surface area contributed by atoms with Crippen molar-refractivity contribution in [3.63, 3.8) is 0 Å². The quantitative estimate of drug-likeness (QED) is 0.688. The average Bonchev–Trinajstić information content (AvgIpc) is 3.51. The molecule has 1 aromatic heterocycles. The largest absolute Gasteiger partial charge is 0.374 e. The number of nitrogens with zero attached hydrogens (tertiary/aromatic N) is 6. The van der Waals surface area contributed by atoms with E-state index in [4.69, 9.17) is 9.98 Å². The SMILES string of the molecule is CC1=NC(=C(C2=NC(=Cc3ccc(C=C4C=C=C=N4)[nH]3)C=C2)N(C)C)C(N(C)C)=C1N(C)C. The lowest BCUT2D eigenvalue weighted by Gasteiger charge is -2.25. The first kappa shape index (κ1) is 22.2. The zero-order valence-electron chi connectivity index (χ0n) is 20.2. The third-order valence-electron chi connectivity index (χ3n) is 5.35. The van der Waals surface area contributed by atoms with E-state index in [1.807, 2.05) is 44.5 Å². The Balaban J connectivity index is 1.69. The van der Waals surface area contributed by atoms with Gasteiger partial charge in [-0.1, -0.05) is 0 Å². The lowest BCUT2D eigenvalue weighted by atomic mass is 10.1. The van der Waals surface area contributed by atoms with Crippen molar-refractivity contribution in [3.05, 3.63) is 81.7 Å². The molecule has 0 radical (unpaired) electrons. The molecule has 33 heavy (non-hydrogen) atoms. The molecule has 3 aliphatic heterocycles. The summed E-state index contributed by atoms with van der Waals surface area (Å²) in [5.41, 5.74) is 12.5. The van der Waals surface area contributed by atoms with Crippen molar-refractivity contribution in [2.45, 2.75) is 6.92 Å². The van der Waals surface area contributed by atoms with Crippen LogP contribution in [0.15, 0.2) is 85.3 Å². The third-order valence-corrected chi connectivity index (χ3v) is 5.35. The predicted octanol–water partition coefficient (Wildman–Crippen LogP) is 3.68. The number of hydrogen-bond donors (Lipinski definition) is 1. The van der Waals surface area contributed by atoms with Gasteiger partial charge in [-0.25, -0.2) is 9.98 Å². The Morgan fingerprint density at radius 1 is 0.879 bits per heavy atom. The summed E-state index contributed by atoms with van der Waals surface area (Å²) in [6, 6.07) is 4.05. The molecule has 0 saturated heterocycles. The normalized spacial score (nSPS) is 20.5. The van der Waals surface area contributed by atoms with Crippen molar-refractivity contribution in [1.82, 2.24) is 19.7 Å². The second-order valence-electron chi connectivity index (χ2n) is 8.63. The van der Waals surface area contributed by atoms with E-state index in [1.165, 1.54) is 0 Å². The van der Waals surface area contributed by atoms with Gasteiger partial charge in [-0.05, 0) is 49.1 Å². The van der Waals surface area contributed by atoms with E-state index >= 15 is 0 Å². The van der Waals surface area contributed by atoms with Crippen LogP contribution in [0, 0.1) is 0 Å². The van der Waals surface area contributed by atoms with Gasteiger partial charge in [0.05, 0.1) is 39.9 Å². The fraction of sp³-hybridized carbons (Fsp3) is 0.269. The minimum absolute atomic E-state index is 0.827. The van der Waals surface area contributed by atoms with E-state index in [2.05, 4.69) is 77.5 Å². The van der Waals surface area contributed by atoms with E-state index in [0.29, 0.717) is 0 Å². The van der Waals surface area contributed by atoms with E-state index in [0.717, 1.165) is 57.0 Å².